The SMILES string of the molecule is CSc1cc2c(cc1SC)C(=O)c1c(c(O)c3ccccc3c1O)C2=O. The molecule has 4 rings (SSSR count). The van der Waals surface area contributed by atoms with Crippen LogP contribution in [0.4, 0.5) is 0 Å². The molecule has 0 saturated carbocycles. The second kappa shape index (κ2) is 6.07. The normalized spacial score (nSPS) is 13.0. The first-order chi connectivity index (χ1) is 12.5. The van der Waals surface area contributed by atoms with E-state index in [-0.39, 0.29) is 33.8 Å². The maximum absolute atomic E-state index is 13.1. The minimum atomic E-state index is -0.448. The van der Waals surface area contributed by atoms with Crippen molar-refractivity contribution in [2.45, 2.75) is 9.79 Å². The molecule has 26 heavy (non-hydrogen) atoms. The average Bonchev–Trinajstić information content (AvgIpc) is 2.67. The zero-order valence-electron chi connectivity index (χ0n) is 14.0. The molecule has 2 N–H and O–H groups in total. The molecule has 0 atom stereocenters. The fraction of sp³-hybridized carbons (Fsp3) is 0.100. The monoisotopic (exact) mass is 382 g/mol. The quantitative estimate of drug-likeness (QED) is 0.394. The molecular weight excluding hydrogens is 368 g/mol. The maximum atomic E-state index is 13.1. The molecule has 1 aliphatic rings. The lowest BCUT2D eigenvalue weighted by Gasteiger charge is -2.22. The van der Waals surface area contributed by atoms with Crippen LogP contribution in [0.5, 0.6) is 11.5 Å². The van der Waals surface area contributed by atoms with Gasteiger partial charge in [0.25, 0.3) is 0 Å². The van der Waals surface area contributed by atoms with Crippen LogP contribution in [0.25, 0.3) is 10.8 Å². The number of ketones is 2. The number of hydrogen-bond acceptors (Lipinski definition) is 6. The number of thioether (sulfide) groups is 2. The molecule has 0 amide bonds. The fourth-order valence-corrected chi connectivity index (χ4v) is 4.86. The Balaban J connectivity index is 2.10. The number of hydrogen-bond donors (Lipinski definition) is 2. The molecule has 0 aromatic heterocycles. The molecule has 3 aromatic carbocycles. The van der Waals surface area contributed by atoms with Crippen molar-refractivity contribution in [2.24, 2.45) is 0 Å². The van der Waals surface area contributed by atoms with Crippen LogP contribution in [0.3, 0.4) is 0 Å². The first-order valence-corrected chi connectivity index (χ1v) is 10.3. The third-order valence-electron chi connectivity index (χ3n) is 4.63. The topological polar surface area (TPSA) is 74.6 Å². The van der Waals surface area contributed by atoms with Gasteiger partial charge in [-0.15, -0.1) is 23.5 Å². The average molecular weight is 382 g/mol. The molecule has 0 saturated heterocycles. The van der Waals surface area contributed by atoms with Crippen LogP contribution in [0.2, 0.25) is 0 Å². The highest BCUT2D eigenvalue weighted by molar-refractivity contribution is 8.01. The Labute approximate surface area is 158 Å². The number of phenols is 2. The molecule has 0 heterocycles. The van der Waals surface area contributed by atoms with E-state index in [1.807, 2.05) is 12.5 Å². The summed E-state index contributed by atoms with van der Waals surface area (Å²) < 4.78 is 0. The Morgan fingerprint density at radius 2 is 1.12 bits per heavy atom. The molecule has 6 heteroatoms. The summed E-state index contributed by atoms with van der Waals surface area (Å²) in [5.74, 6) is -1.43. The van der Waals surface area contributed by atoms with Crippen molar-refractivity contribution >= 4 is 45.9 Å². The lowest BCUT2D eigenvalue weighted by molar-refractivity contribution is 0.0974. The number of fused-ring (bicyclic) bond motifs is 3. The zero-order chi connectivity index (χ0) is 18.6. The number of carbonyl (C=O) groups is 2. The minimum absolute atomic E-state index is 0.123. The summed E-state index contributed by atoms with van der Waals surface area (Å²) in [6.07, 6.45) is 3.81. The number of rotatable bonds is 2. The van der Waals surface area contributed by atoms with E-state index in [0.29, 0.717) is 10.8 Å². The third kappa shape index (κ3) is 2.19. The molecule has 0 radical (unpaired) electrons. The van der Waals surface area contributed by atoms with Crippen LogP contribution in [0.1, 0.15) is 31.8 Å². The van der Waals surface area contributed by atoms with Gasteiger partial charge in [-0.2, -0.15) is 0 Å². The Bertz CT molecular complexity index is 1030. The van der Waals surface area contributed by atoms with Gasteiger partial charge in [-0.05, 0) is 24.6 Å². The predicted molar refractivity (Wildman–Crippen MR) is 104 cm³/mol. The zero-order valence-corrected chi connectivity index (χ0v) is 15.6. The van der Waals surface area contributed by atoms with Gasteiger partial charge in [-0.3, -0.25) is 9.59 Å². The van der Waals surface area contributed by atoms with Crippen molar-refractivity contribution in [3.63, 3.8) is 0 Å². The van der Waals surface area contributed by atoms with E-state index in [1.165, 1.54) is 23.5 Å². The van der Waals surface area contributed by atoms with Crippen LogP contribution in [-0.4, -0.2) is 34.3 Å². The molecule has 130 valence electrons. The van der Waals surface area contributed by atoms with E-state index in [0.717, 1.165) is 9.79 Å². The van der Waals surface area contributed by atoms with Gasteiger partial charge in [-0.25, -0.2) is 0 Å². The highest BCUT2D eigenvalue weighted by Crippen LogP contribution is 2.45. The molecule has 0 spiro atoms. The highest BCUT2D eigenvalue weighted by atomic mass is 32.2. The van der Waals surface area contributed by atoms with Crippen molar-refractivity contribution in [1.82, 2.24) is 0 Å². The van der Waals surface area contributed by atoms with Crippen molar-refractivity contribution in [2.75, 3.05) is 12.5 Å². The summed E-state index contributed by atoms with van der Waals surface area (Å²) in [6.45, 7) is 0. The Kier molecular flexibility index (Phi) is 3.97. The first-order valence-electron chi connectivity index (χ1n) is 7.81. The van der Waals surface area contributed by atoms with Gasteiger partial charge in [0.1, 0.15) is 11.5 Å². The molecule has 0 fully saturated rings. The number of benzene rings is 3. The molecule has 3 aromatic rings. The van der Waals surface area contributed by atoms with Crippen LogP contribution in [-0.2, 0) is 0 Å². The first kappa shape index (κ1) is 17.0. The van der Waals surface area contributed by atoms with E-state index < -0.39 is 11.6 Å². The Hall–Kier alpha value is -2.44. The van der Waals surface area contributed by atoms with Crippen LogP contribution in [0, 0.1) is 0 Å². The second-order valence-corrected chi connectivity index (χ2v) is 7.60. The highest BCUT2D eigenvalue weighted by Gasteiger charge is 2.36. The molecular formula is C20H14O4S2. The Morgan fingerprint density at radius 3 is 1.46 bits per heavy atom. The third-order valence-corrected chi connectivity index (χ3v) is 6.31. The predicted octanol–water partition coefficient (Wildman–Crippen LogP) is 4.47. The Morgan fingerprint density at radius 1 is 0.731 bits per heavy atom. The minimum Gasteiger partial charge on any atom is -0.506 e. The molecule has 0 aliphatic heterocycles. The van der Waals surface area contributed by atoms with E-state index in [4.69, 9.17) is 0 Å². The van der Waals surface area contributed by atoms with Gasteiger partial charge in [0.05, 0.1) is 11.1 Å². The standard InChI is InChI=1S/C20H14O4S2/c1-25-13-7-11-12(8-14(13)26-2)20(24)16-15(19(11)23)17(21)9-5-3-4-6-10(9)18(16)22/h3-8,21-22H,1-2H3. The summed E-state index contributed by atoms with van der Waals surface area (Å²) >= 11 is 2.98. The van der Waals surface area contributed by atoms with Gasteiger partial charge >= 0.3 is 0 Å². The molecule has 0 bridgehead atoms. The lowest BCUT2D eigenvalue weighted by atomic mass is 9.81. The summed E-state index contributed by atoms with van der Waals surface area (Å²) in [4.78, 5) is 28.0. The summed E-state index contributed by atoms with van der Waals surface area (Å²) in [7, 11) is 0. The maximum Gasteiger partial charge on any atom is 0.198 e. The second-order valence-electron chi connectivity index (χ2n) is 5.90. The van der Waals surface area contributed by atoms with Gasteiger partial charge in [0, 0.05) is 31.7 Å². The molecule has 0 unspecified atom stereocenters. The van der Waals surface area contributed by atoms with Crippen molar-refractivity contribution in [3.05, 3.63) is 58.7 Å². The van der Waals surface area contributed by atoms with Crippen LogP contribution in [0.15, 0.2) is 46.2 Å². The van der Waals surface area contributed by atoms with E-state index >= 15 is 0 Å². The molecule has 4 nitrogen and oxygen atoms in total. The van der Waals surface area contributed by atoms with Gasteiger partial charge in [0.2, 0.25) is 0 Å². The van der Waals surface area contributed by atoms with Gasteiger partial charge in [0.15, 0.2) is 11.6 Å². The molecule has 1 aliphatic carbocycles. The van der Waals surface area contributed by atoms with E-state index in [9.17, 15) is 19.8 Å². The van der Waals surface area contributed by atoms with Crippen LogP contribution < -0.4 is 0 Å². The largest absolute Gasteiger partial charge is 0.506 e. The fourth-order valence-electron chi connectivity index (χ4n) is 3.37. The van der Waals surface area contributed by atoms with E-state index in [2.05, 4.69) is 0 Å². The van der Waals surface area contributed by atoms with Gasteiger partial charge < -0.3 is 10.2 Å². The van der Waals surface area contributed by atoms with Crippen LogP contribution >= 0.6 is 23.5 Å². The lowest BCUT2D eigenvalue weighted by Crippen LogP contribution is -2.21. The number of aromatic hydroxyl groups is 2. The van der Waals surface area contributed by atoms with E-state index in [1.54, 1.807) is 36.4 Å². The van der Waals surface area contributed by atoms with Crippen molar-refractivity contribution in [1.29, 1.82) is 0 Å². The smallest absolute Gasteiger partial charge is 0.198 e. The van der Waals surface area contributed by atoms with Gasteiger partial charge in [-0.1, -0.05) is 24.3 Å². The van der Waals surface area contributed by atoms with Crippen molar-refractivity contribution in [3.8, 4) is 11.5 Å². The number of carbonyl (C=O) groups excluding carboxylic acids is 2. The van der Waals surface area contributed by atoms with Crippen molar-refractivity contribution < 1.29 is 19.8 Å². The summed E-state index contributed by atoms with van der Waals surface area (Å²) in [6, 6.07) is 10.0. The summed E-state index contributed by atoms with van der Waals surface area (Å²) in [5.41, 5.74) is 0.273. The number of phenolic OH excluding ortho intramolecular Hbond substituents is 2. The summed E-state index contributed by atoms with van der Waals surface area (Å²) in [5, 5.41) is 22.0.